The molecule has 0 spiro atoms. The third-order valence-electron chi connectivity index (χ3n) is 3.03. The molecule has 0 saturated heterocycles. The molecule has 0 radical (unpaired) electrons. The zero-order valence-corrected chi connectivity index (χ0v) is 13.4. The van der Waals surface area contributed by atoms with Gasteiger partial charge in [-0.15, -0.1) is 10.2 Å². The van der Waals surface area contributed by atoms with Crippen LogP contribution in [0.15, 0.2) is 29.8 Å². The lowest BCUT2D eigenvalue weighted by atomic mass is 10.0. The van der Waals surface area contributed by atoms with Crippen LogP contribution in [0.3, 0.4) is 0 Å². The van der Waals surface area contributed by atoms with Crippen LogP contribution in [-0.2, 0) is 4.79 Å². The van der Waals surface area contributed by atoms with E-state index in [4.69, 9.17) is 0 Å². The fourth-order valence-electron chi connectivity index (χ4n) is 1.80. The van der Waals surface area contributed by atoms with Gasteiger partial charge in [0.1, 0.15) is 16.6 Å². The predicted octanol–water partition coefficient (Wildman–Crippen LogP) is 3.52. The van der Waals surface area contributed by atoms with Gasteiger partial charge in [-0.2, -0.15) is 5.26 Å². The number of hydrogen-bond donors (Lipinski definition) is 1. The molecule has 0 aliphatic heterocycles. The first kappa shape index (κ1) is 15.9. The molecule has 0 saturated carbocycles. The van der Waals surface area contributed by atoms with Gasteiger partial charge in [-0.3, -0.25) is 10.1 Å². The summed E-state index contributed by atoms with van der Waals surface area (Å²) in [5, 5.41) is 20.5. The molecular formula is C16H16N4OS. The first-order valence-electron chi connectivity index (χ1n) is 6.83. The SMILES string of the molecule is Cc1nnc(NC(=O)C(C#N)=Cc2ccc(C(C)C)cc2)s1. The molecule has 2 aromatic rings. The lowest BCUT2D eigenvalue weighted by molar-refractivity contribution is -0.112. The molecule has 22 heavy (non-hydrogen) atoms. The summed E-state index contributed by atoms with van der Waals surface area (Å²) in [6.45, 7) is 6.02. The average molecular weight is 312 g/mol. The quantitative estimate of drug-likeness (QED) is 0.692. The van der Waals surface area contributed by atoms with Crippen molar-refractivity contribution in [3.63, 3.8) is 0 Å². The summed E-state index contributed by atoms with van der Waals surface area (Å²) < 4.78 is 0. The van der Waals surface area contributed by atoms with Crippen molar-refractivity contribution in [3.8, 4) is 6.07 Å². The Labute approximate surface area is 133 Å². The molecule has 2 rings (SSSR count). The minimum absolute atomic E-state index is 0.0325. The van der Waals surface area contributed by atoms with Gasteiger partial charge in [-0.05, 0) is 30.0 Å². The Balaban J connectivity index is 2.16. The third kappa shape index (κ3) is 3.99. The summed E-state index contributed by atoms with van der Waals surface area (Å²) >= 11 is 1.26. The number of nitriles is 1. The zero-order chi connectivity index (χ0) is 16.1. The fourth-order valence-corrected chi connectivity index (χ4v) is 2.39. The van der Waals surface area contributed by atoms with Gasteiger partial charge in [0.05, 0.1) is 0 Å². The molecule has 1 amide bonds. The van der Waals surface area contributed by atoms with Gasteiger partial charge < -0.3 is 0 Å². The van der Waals surface area contributed by atoms with Gasteiger partial charge in [0.25, 0.3) is 5.91 Å². The maximum Gasteiger partial charge on any atom is 0.268 e. The van der Waals surface area contributed by atoms with Crippen LogP contribution in [0.4, 0.5) is 5.13 Å². The second-order valence-electron chi connectivity index (χ2n) is 5.07. The van der Waals surface area contributed by atoms with Gasteiger partial charge in [0.15, 0.2) is 0 Å². The number of hydrogen-bond acceptors (Lipinski definition) is 5. The Hall–Kier alpha value is -2.52. The summed E-state index contributed by atoms with van der Waals surface area (Å²) in [6, 6.07) is 9.71. The number of carbonyl (C=O) groups is 1. The number of nitrogens with zero attached hydrogens (tertiary/aromatic N) is 3. The Morgan fingerprint density at radius 1 is 1.32 bits per heavy atom. The number of benzene rings is 1. The number of rotatable bonds is 4. The molecule has 0 aliphatic carbocycles. The lowest BCUT2D eigenvalue weighted by Gasteiger charge is -2.05. The van der Waals surface area contributed by atoms with Crippen LogP contribution in [0, 0.1) is 18.3 Å². The van der Waals surface area contributed by atoms with E-state index in [1.54, 1.807) is 13.0 Å². The first-order valence-corrected chi connectivity index (χ1v) is 7.64. The Morgan fingerprint density at radius 3 is 2.50 bits per heavy atom. The summed E-state index contributed by atoms with van der Waals surface area (Å²) in [7, 11) is 0. The van der Waals surface area contributed by atoms with Gasteiger partial charge in [0.2, 0.25) is 5.13 Å². The number of aryl methyl sites for hydroxylation is 1. The van der Waals surface area contributed by atoms with E-state index in [2.05, 4.69) is 29.4 Å². The molecule has 1 aromatic heterocycles. The second kappa shape index (κ2) is 6.96. The van der Waals surface area contributed by atoms with E-state index in [1.165, 1.54) is 16.9 Å². The van der Waals surface area contributed by atoms with Crippen LogP contribution in [0.5, 0.6) is 0 Å². The van der Waals surface area contributed by atoms with Crippen molar-refractivity contribution in [2.24, 2.45) is 0 Å². The topological polar surface area (TPSA) is 78.7 Å². The summed E-state index contributed by atoms with van der Waals surface area (Å²) in [6.07, 6.45) is 1.56. The van der Waals surface area contributed by atoms with Crippen LogP contribution < -0.4 is 5.32 Å². The van der Waals surface area contributed by atoms with E-state index in [0.717, 1.165) is 10.6 Å². The maximum absolute atomic E-state index is 12.1. The van der Waals surface area contributed by atoms with E-state index >= 15 is 0 Å². The molecule has 0 fully saturated rings. The second-order valence-corrected chi connectivity index (χ2v) is 6.25. The molecular weight excluding hydrogens is 296 g/mol. The molecule has 6 heteroatoms. The lowest BCUT2D eigenvalue weighted by Crippen LogP contribution is -2.13. The van der Waals surface area contributed by atoms with Crippen molar-refractivity contribution >= 4 is 28.5 Å². The van der Waals surface area contributed by atoms with Gasteiger partial charge in [0, 0.05) is 0 Å². The van der Waals surface area contributed by atoms with Crippen LogP contribution in [0.2, 0.25) is 0 Å². The minimum Gasteiger partial charge on any atom is -0.296 e. The number of aromatic nitrogens is 2. The first-order chi connectivity index (χ1) is 10.5. The van der Waals surface area contributed by atoms with Crippen molar-refractivity contribution in [1.29, 1.82) is 5.26 Å². The van der Waals surface area contributed by atoms with Crippen molar-refractivity contribution in [2.45, 2.75) is 26.7 Å². The molecule has 5 nitrogen and oxygen atoms in total. The van der Waals surface area contributed by atoms with E-state index in [-0.39, 0.29) is 5.57 Å². The number of carbonyl (C=O) groups excluding carboxylic acids is 1. The van der Waals surface area contributed by atoms with Crippen LogP contribution in [0.25, 0.3) is 6.08 Å². The molecule has 0 bridgehead atoms. The normalized spacial score (nSPS) is 11.3. The van der Waals surface area contributed by atoms with Crippen LogP contribution in [-0.4, -0.2) is 16.1 Å². The highest BCUT2D eigenvalue weighted by Gasteiger charge is 2.12. The largest absolute Gasteiger partial charge is 0.296 e. The van der Waals surface area contributed by atoms with Crippen LogP contribution >= 0.6 is 11.3 Å². The standard InChI is InChI=1S/C16H16N4OS/c1-10(2)13-6-4-12(5-7-13)8-14(9-17)15(21)18-16-20-19-11(3)22-16/h4-8,10H,1-3H3,(H,18,20,21). The average Bonchev–Trinajstić information content (AvgIpc) is 2.90. The summed E-state index contributed by atoms with van der Waals surface area (Å²) in [5.41, 5.74) is 2.05. The fraction of sp³-hybridized carbons (Fsp3) is 0.250. The van der Waals surface area contributed by atoms with E-state index in [0.29, 0.717) is 11.0 Å². The Kier molecular flexibility index (Phi) is 5.02. The summed E-state index contributed by atoms with van der Waals surface area (Å²) in [5.74, 6) is -0.0380. The Bertz CT molecular complexity index is 738. The summed E-state index contributed by atoms with van der Waals surface area (Å²) in [4.78, 5) is 12.1. The van der Waals surface area contributed by atoms with Gasteiger partial charge in [-0.1, -0.05) is 49.4 Å². The van der Waals surface area contributed by atoms with Crippen molar-refractivity contribution in [2.75, 3.05) is 5.32 Å². The number of nitrogens with one attached hydrogen (secondary N) is 1. The molecule has 0 atom stereocenters. The van der Waals surface area contributed by atoms with Gasteiger partial charge in [-0.25, -0.2) is 0 Å². The highest BCUT2D eigenvalue weighted by Crippen LogP contribution is 2.18. The number of anilines is 1. The highest BCUT2D eigenvalue weighted by atomic mass is 32.1. The van der Waals surface area contributed by atoms with E-state index in [9.17, 15) is 10.1 Å². The molecule has 1 heterocycles. The maximum atomic E-state index is 12.1. The van der Waals surface area contributed by atoms with E-state index in [1.807, 2.05) is 30.3 Å². The highest BCUT2D eigenvalue weighted by molar-refractivity contribution is 7.15. The monoisotopic (exact) mass is 312 g/mol. The van der Waals surface area contributed by atoms with Gasteiger partial charge >= 0.3 is 0 Å². The zero-order valence-electron chi connectivity index (χ0n) is 12.6. The van der Waals surface area contributed by atoms with Crippen molar-refractivity contribution in [1.82, 2.24) is 10.2 Å². The number of amides is 1. The molecule has 0 aliphatic rings. The van der Waals surface area contributed by atoms with Crippen molar-refractivity contribution in [3.05, 3.63) is 46.0 Å². The Morgan fingerprint density at radius 2 is 2.00 bits per heavy atom. The van der Waals surface area contributed by atoms with Crippen LogP contribution in [0.1, 0.15) is 35.9 Å². The molecule has 1 aromatic carbocycles. The smallest absolute Gasteiger partial charge is 0.268 e. The van der Waals surface area contributed by atoms with Crippen molar-refractivity contribution < 1.29 is 4.79 Å². The minimum atomic E-state index is -0.480. The molecule has 112 valence electrons. The molecule has 0 unspecified atom stereocenters. The predicted molar refractivity (Wildman–Crippen MR) is 87.4 cm³/mol. The third-order valence-corrected chi connectivity index (χ3v) is 3.78. The molecule has 1 N–H and O–H groups in total. The van der Waals surface area contributed by atoms with E-state index < -0.39 is 5.91 Å².